The molecule has 5 heteroatoms. The Bertz CT molecular complexity index is 1000. The minimum absolute atomic E-state index is 0.0681. The van der Waals surface area contributed by atoms with Crippen molar-refractivity contribution in [2.24, 2.45) is 0 Å². The number of nitrogens with zero attached hydrogens (tertiary/aromatic N) is 2. The van der Waals surface area contributed by atoms with Gasteiger partial charge in [-0.05, 0) is 54.6 Å². The van der Waals surface area contributed by atoms with Crippen LogP contribution in [0, 0.1) is 0 Å². The third-order valence-corrected chi connectivity index (χ3v) is 6.28. The van der Waals surface area contributed by atoms with E-state index in [9.17, 15) is 4.79 Å². The van der Waals surface area contributed by atoms with Crippen LogP contribution in [0.25, 0.3) is 16.5 Å². The van der Waals surface area contributed by atoms with Gasteiger partial charge < -0.3 is 5.84 Å². The Morgan fingerprint density at radius 2 is 2.11 bits per heavy atom. The van der Waals surface area contributed by atoms with E-state index in [0.717, 1.165) is 47.1 Å². The molecule has 2 N–H and O–H groups in total. The summed E-state index contributed by atoms with van der Waals surface area (Å²) in [6.07, 6.45) is 9.19. The summed E-state index contributed by atoms with van der Waals surface area (Å²) in [4.78, 5) is 15.3. The maximum Gasteiger partial charge on any atom is 0.193 e. The second-order valence-corrected chi connectivity index (χ2v) is 8.29. The average Bonchev–Trinajstić information content (AvgIpc) is 3.37. The van der Waals surface area contributed by atoms with E-state index in [1.807, 2.05) is 41.2 Å². The molecule has 2 aromatic heterocycles. The number of hydrogen-bond acceptors (Lipinski definition) is 4. The van der Waals surface area contributed by atoms with Gasteiger partial charge in [-0.2, -0.15) is 11.3 Å². The van der Waals surface area contributed by atoms with Gasteiger partial charge in [0.2, 0.25) is 0 Å². The predicted octanol–water partition coefficient (Wildman–Crippen LogP) is 4.93. The summed E-state index contributed by atoms with van der Waals surface area (Å²) in [5, 5.41) is 4.90. The predicted molar refractivity (Wildman–Crippen MR) is 118 cm³/mol. The van der Waals surface area contributed by atoms with Crippen LogP contribution in [0.3, 0.4) is 0 Å². The van der Waals surface area contributed by atoms with Crippen LogP contribution in [0.4, 0.5) is 0 Å². The minimum Gasteiger partial charge on any atom is -0.339 e. The van der Waals surface area contributed by atoms with Crippen molar-refractivity contribution in [1.82, 2.24) is 9.58 Å². The molecule has 1 aliphatic rings. The van der Waals surface area contributed by atoms with E-state index in [4.69, 9.17) is 5.84 Å². The SMILES string of the molecule is CCCCCN1CC=C(c2cn(N)c3ccc(C(=O)c4ccsc4)cc23)CC1. The lowest BCUT2D eigenvalue weighted by molar-refractivity contribution is 0.103. The molecule has 0 saturated carbocycles. The molecule has 0 aliphatic carbocycles. The lowest BCUT2D eigenvalue weighted by Gasteiger charge is -2.26. The topological polar surface area (TPSA) is 51.3 Å². The Balaban J connectivity index is 1.61. The maximum absolute atomic E-state index is 12.8. The number of nitrogen functional groups attached to an aromatic ring is 1. The van der Waals surface area contributed by atoms with Crippen molar-refractivity contribution in [2.45, 2.75) is 32.6 Å². The summed E-state index contributed by atoms with van der Waals surface area (Å²) in [6, 6.07) is 7.71. The molecule has 28 heavy (non-hydrogen) atoms. The molecule has 0 bridgehead atoms. The first-order valence-electron chi connectivity index (χ1n) is 10.1. The van der Waals surface area contributed by atoms with Crippen molar-refractivity contribution in [1.29, 1.82) is 0 Å². The fourth-order valence-electron chi connectivity index (χ4n) is 3.96. The van der Waals surface area contributed by atoms with E-state index in [-0.39, 0.29) is 5.78 Å². The minimum atomic E-state index is 0.0681. The molecule has 4 rings (SSSR count). The lowest BCUT2D eigenvalue weighted by Crippen LogP contribution is -2.29. The molecule has 0 unspecified atom stereocenters. The quantitative estimate of drug-likeness (QED) is 0.352. The summed E-state index contributed by atoms with van der Waals surface area (Å²) >= 11 is 1.54. The van der Waals surface area contributed by atoms with E-state index < -0.39 is 0 Å². The molecule has 0 amide bonds. The Labute approximate surface area is 170 Å². The fourth-order valence-corrected chi connectivity index (χ4v) is 4.59. The van der Waals surface area contributed by atoms with E-state index in [0.29, 0.717) is 0 Å². The van der Waals surface area contributed by atoms with Crippen molar-refractivity contribution in [2.75, 3.05) is 25.5 Å². The standard InChI is InChI=1S/C23H27N3OS/c1-2-3-4-10-25-11-7-17(8-12-25)21-15-26(24)22-6-5-18(14-20(21)22)23(27)19-9-13-28-16-19/h5-7,9,13-16H,2-4,8,10-12,24H2,1H3. The number of fused-ring (bicyclic) bond motifs is 1. The highest BCUT2D eigenvalue weighted by molar-refractivity contribution is 7.08. The number of unbranched alkanes of at least 4 members (excludes halogenated alkanes) is 2. The summed E-state index contributed by atoms with van der Waals surface area (Å²) in [5.41, 5.74) is 4.92. The van der Waals surface area contributed by atoms with Crippen LogP contribution in [-0.4, -0.2) is 35.0 Å². The normalized spacial score (nSPS) is 15.1. The molecule has 0 saturated heterocycles. The van der Waals surface area contributed by atoms with Crippen molar-refractivity contribution >= 4 is 33.6 Å². The molecule has 0 atom stereocenters. The van der Waals surface area contributed by atoms with Gasteiger partial charge in [0.25, 0.3) is 0 Å². The Kier molecular flexibility index (Phi) is 5.64. The maximum atomic E-state index is 12.8. The van der Waals surface area contributed by atoms with Crippen LogP contribution in [0.1, 0.15) is 54.1 Å². The van der Waals surface area contributed by atoms with Gasteiger partial charge in [-0.15, -0.1) is 0 Å². The zero-order chi connectivity index (χ0) is 19.5. The third-order valence-electron chi connectivity index (χ3n) is 5.60. The molecular weight excluding hydrogens is 366 g/mol. The molecule has 1 aliphatic heterocycles. The number of rotatable bonds is 7. The number of carbonyl (C=O) groups is 1. The van der Waals surface area contributed by atoms with Gasteiger partial charge in [-0.3, -0.25) is 14.4 Å². The number of benzene rings is 1. The zero-order valence-electron chi connectivity index (χ0n) is 16.4. The van der Waals surface area contributed by atoms with Crippen LogP contribution in [0.5, 0.6) is 0 Å². The number of carbonyl (C=O) groups excluding carboxylic acids is 1. The van der Waals surface area contributed by atoms with Gasteiger partial charge in [-0.1, -0.05) is 25.8 Å². The van der Waals surface area contributed by atoms with Gasteiger partial charge >= 0.3 is 0 Å². The van der Waals surface area contributed by atoms with Crippen LogP contribution >= 0.6 is 11.3 Å². The molecule has 4 nitrogen and oxygen atoms in total. The Morgan fingerprint density at radius 3 is 2.82 bits per heavy atom. The van der Waals surface area contributed by atoms with Crippen LogP contribution < -0.4 is 5.84 Å². The van der Waals surface area contributed by atoms with E-state index in [1.54, 1.807) is 16.0 Å². The van der Waals surface area contributed by atoms with Crippen molar-refractivity contribution < 1.29 is 4.79 Å². The number of hydrogen-bond donors (Lipinski definition) is 1. The number of thiophene rings is 1. The molecule has 0 fully saturated rings. The van der Waals surface area contributed by atoms with Crippen molar-refractivity contribution in [3.63, 3.8) is 0 Å². The number of aromatic nitrogens is 1. The van der Waals surface area contributed by atoms with E-state index in [2.05, 4.69) is 17.9 Å². The average molecular weight is 394 g/mol. The largest absolute Gasteiger partial charge is 0.339 e. The summed E-state index contributed by atoms with van der Waals surface area (Å²) in [5.74, 6) is 6.28. The smallest absolute Gasteiger partial charge is 0.193 e. The van der Waals surface area contributed by atoms with E-state index >= 15 is 0 Å². The monoisotopic (exact) mass is 393 g/mol. The van der Waals surface area contributed by atoms with E-state index in [1.165, 1.54) is 31.4 Å². The molecule has 3 heterocycles. The van der Waals surface area contributed by atoms with Gasteiger partial charge in [0.1, 0.15) is 0 Å². The van der Waals surface area contributed by atoms with Crippen LogP contribution in [-0.2, 0) is 0 Å². The highest BCUT2D eigenvalue weighted by Gasteiger charge is 2.18. The lowest BCUT2D eigenvalue weighted by atomic mass is 9.96. The first kappa shape index (κ1) is 19.0. The summed E-state index contributed by atoms with van der Waals surface area (Å²) in [6.45, 7) is 5.49. The second-order valence-electron chi connectivity index (χ2n) is 7.51. The molecular formula is C23H27N3OS. The first-order valence-corrected chi connectivity index (χ1v) is 11.0. The van der Waals surface area contributed by atoms with Crippen LogP contribution in [0.15, 0.2) is 47.3 Å². The fraction of sp³-hybridized carbons (Fsp3) is 0.348. The molecule has 0 spiro atoms. The zero-order valence-corrected chi connectivity index (χ0v) is 17.2. The van der Waals surface area contributed by atoms with Gasteiger partial charge in [0.15, 0.2) is 5.78 Å². The van der Waals surface area contributed by atoms with Crippen LogP contribution in [0.2, 0.25) is 0 Å². The van der Waals surface area contributed by atoms with Gasteiger partial charge in [0, 0.05) is 46.7 Å². The Hall–Kier alpha value is -2.37. The third kappa shape index (κ3) is 3.77. The van der Waals surface area contributed by atoms with Crippen molar-refractivity contribution in [3.05, 3.63) is 64.0 Å². The summed E-state index contributed by atoms with van der Waals surface area (Å²) in [7, 11) is 0. The summed E-state index contributed by atoms with van der Waals surface area (Å²) < 4.78 is 1.68. The Morgan fingerprint density at radius 1 is 1.21 bits per heavy atom. The molecule has 146 valence electrons. The highest BCUT2D eigenvalue weighted by Crippen LogP contribution is 2.31. The molecule has 3 aromatic rings. The van der Waals surface area contributed by atoms with Gasteiger partial charge in [-0.25, -0.2) is 0 Å². The molecule has 0 radical (unpaired) electrons. The molecule has 1 aromatic carbocycles. The first-order chi connectivity index (χ1) is 13.7. The van der Waals surface area contributed by atoms with Gasteiger partial charge in [0.05, 0.1) is 5.52 Å². The van der Waals surface area contributed by atoms with Crippen molar-refractivity contribution in [3.8, 4) is 0 Å². The second kappa shape index (κ2) is 8.33. The number of ketones is 1. The number of nitrogens with two attached hydrogens (primary N) is 1. The highest BCUT2D eigenvalue weighted by atomic mass is 32.1.